The van der Waals surface area contributed by atoms with Gasteiger partial charge in [0.1, 0.15) is 4.90 Å². The Morgan fingerprint density at radius 2 is 1.46 bits per heavy atom. The van der Waals surface area contributed by atoms with Gasteiger partial charge in [0.2, 0.25) is 0 Å². The van der Waals surface area contributed by atoms with E-state index in [1.165, 1.54) is 24.3 Å². The summed E-state index contributed by atoms with van der Waals surface area (Å²) in [6.45, 7) is 0. The second kappa shape index (κ2) is 8.49. The quantitative estimate of drug-likeness (QED) is 0.290. The van der Waals surface area contributed by atoms with E-state index in [0.29, 0.717) is 11.1 Å². The number of benzene rings is 3. The number of allylic oxidation sites excluding steroid dienone is 1. The lowest BCUT2D eigenvalue weighted by molar-refractivity contribution is 0.486. The standard InChI is InChI=1S/C21H13Cl2NO3S/c22-19-12-15(11-17(14-24)16-7-3-1-4-8-16)13-20(23)21(19)27-28(25,26)18-9-5-2-6-10-18/h1-13H/b17-11+. The van der Waals surface area contributed by atoms with E-state index in [1.807, 2.05) is 30.3 Å². The van der Waals surface area contributed by atoms with E-state index < -0.39 is 10.1 Å². The molecule has 0 saturated heterocycles. The van der Waals surface area contributed by atoms with Crippen LogP contribution in [0.15, 0.2) is 77.7 Å². The van der Waals surface area contributed by atoms with Gasteiger partial charge in [-0.15, -0.1) is 0 Å². The lowest BCUT2D eigenvalue weighted by Gasteiger charge is -2.11. The van der Waals surface area contributed by atoms with E-state index >= 15 is 0 Å². The van der Waals surface area contributed by atoms with Gasteiger partial charge in [-0.3, -0.25) is 0 Å². The minimum atomic E-state index is -4.08. The first-order valence-corrected chi connectivity index (χ1v) is 10.2. The molecule has 0 amide bonds. The number of hydrogen-bond acceptors (Lipinski definition) is 4. The molecule has 0 aliphatic rings. The summed E-state index contributed by atoms with van der Waals surface area (Å²) < 4.78 is 30.0. The molecule has 7 heteroatoms. The molecule has 140 valence electrons. The van der Waals surface area contributed by atoms with Crippen molar-refractivity contribution in [3.05, 3.63) is 94.0 Å². The van der Waals surface area contributed by atoms with E-state index in [2.05, 4.69) is 6.07 Å². The van der Waals surface area contributed by atoms with Crippen LogP contribution in [-0.2, 0) is 10.1 Å². The molecule has 0 heterocycles. The summed E-state index contributed by atoms with van der Waals surface area (Å²) in [4.78, 5) is -0.0121. The van der Waals surface area contributed by atoms with Gasteiger partial charge in [0.05, 0.1) is 21.7 Å². The third kappa shape index (κ3) is 4.55. The highest BCUT2D eigenvalue weighted by molar-refractivity contribution is 7.87. The normalized spacial score (nSPS) is 11.7. The number of nitrogens with zero attached hydrogens (tertiary/aromatic N) is 1. The van der Waals surface area contributed by atoms with Gasteiger partial charge in [0.15, 0.2) is 5.75 Å². The van der Waals surface area contributed by atoms with Gasteiger partial charge in [0, 0.05) is 0 Å². The van der Waals surface area contributed by atoms with E-state index in [0.717, 1.165) is 5.56 Å². The minimum absolute atomic E-state index is 0.0121. The van der Waals surface area contributed by atoms with Crippen molar-refractivity contribution in [1.82, 2.24) is 0 Å². The highest BCUT2D eigenvalue weighted by Crippen LogP contribution is 2.37. The fraction of sp³-hybridized carbons (Fsp3) is 0. The molecule has 0 bridgehead atoms. The second-order valence-corrected chi connectivity index (χ2v) is 8.06. The van der Waals surface area contributed by atoms with Crippen LogP contribution in [0.1, 0.15) is 11.1 Å². The molecular weight excluding hydrogens is 417 g/mol. The molecular formula is C21H13Cl2NO3S. The van der Waals surface area contributed by atoms with Crippen molar-refractivity contribution in [2.45, 2.75) is 4.90 Å². The molecule has 3 aromatic carbocycles. The zero-order valence-corrected chi connectivity index (χ0v) is 16.7. The Hall–Kier alpha value is -2.78. The lowest BCUT2D eigenvalue weighted by Crippen LogP contribution is -2.10. The largest absolute Gasteiger partial charge is 0.376 e. The van der Waals surface area contributed by atoms with Crippen molar-refractivity contribution in [2.24, 2.45) is 0 Å². The van der Waals surface area contributed by atoms with Crippen LogP contribution in [-0.4, -0.2) is 8.42 Å². The molecule has 0 spiro atoms. The summed E-state index contributed by atoms with van der Waals surface area (Å²) in [5.74, 6) is -0.164. The molecule has 0 aromatic heterocycles. The van der Waals surface area contributed by atoms with Crippen LogP contribution >= 0.6 is 23.2 Å². The monoisotopic (exact) mass is 429 g/mol. The molecule has 0 aliphatic carbocycles. The van der Waals surface area contributed by atoms with Crippen molar-refractivity contribution in [2.75, 3.05) is 0 Å². The average molecular weight is 430 g/mol. The van der Waals surface area contributed by atoms with E-state index in [1.54, 1.807) is 24.3 Å². The number of nitriles is 1. The summed E-state index contributed by atoms with van der Waals surface area (Å²) in [6, 6.07) is 21.9. The molecule has 0 saturated carbocycles. The van der Waals surface area contributed by atoms with Crippen LogP contribution < -0.4 is 4.18 Å². The highest BCUT2D eigenvalue weighted by Gasteiger charge is 2.20. The molecule has 3 aromatic rings. The molecule has 0 atom stereocenters. The first-order valence-electron chi connectivity index (χ1n) is 8.06. The van der Waals surface area contributed by atoms with Crippen LogP contribution in [0, 0.1) is 11.3 Å². The van der Waals surface area contributed by atoms with E-state index in [-0.39, 0.29) is 20.7 Å². The van der Waals surface area contributed by atoms with Gasteiger partial charge in [0.25, 0.3) is 0 Å². The van der Waals surface area contributed by atoms with Crippen LogP contribution in [0.25, 0.3) is 11.6 Å². The summed E-state index contributed by atoms with van der Waals surface area (Å²) in [6.07, 6.45) is 1.61. The molecule has 0 fully saturated rings. The maximum atomic E-state index is 12.4. The SMILES string of the molecule is N#C/C(=C\c1cc(Cl)c(OS(=O)(=O)c2ccccc2)c(Cl)c1)c1ccccc1. The molecule has 28 heavy (non-hydrogen) atoms. The van der Waals surface area contributed by atoms with Crippen molar-refractivity contribution in [3.8, 4) is 11.8 Å². The van der Waals surface area contributed by atoms with Crippen LogP contribution in [0.4, 0.5) is 0 Å². The van der Waals surface area contributed by atoms with Gasteiger partial charge < -0.3 is 4.18 Å². The Morgan fingerprint density at radius 1 is 0.929 bits per heavy atom. The summed E-state index contributed by atoms with van der Waals surface area (Å²) in [7, 11) is -4.08. The maximum absolute atomic E-state index is 12.4. The molecule has 3 rings (SSSR count). The van der Waals surface area contributed by atoms with Crippen molar-refractivity contribution < 1.29 is 12.6 Å². The Bertz CT molecular complexity index is 1150. The maximum Gasteiger partial charge on any atom is 0.339 e. The van der Waals surface area contributed by atoms with E-state index in [9.17, 15) is 13.7 Å². The second-order valence-electron chi connectivity index (χ2n) is 5.70. The summed E-state index contributed by atoms with van der Waals surface area (Å²) in [5, 5.41) is 9.46. The predicted molar refractivity (Wildman–Crippen MR) is 111 cm³/mol. The van der Waals surface area contributed by atoms with Gasteiger partial charge in [-0.1, -0.05) is 71.7 Å². The average Bonchev–Trinajstić information content (AvgIpc) is 2.70. The van der Waals surface area contributed by atoms with Gasteiger partial charge >= 0.3 is 10.1 Å². The third-order valence-electron chi connectivity index (χ3n) is 3.76. The Balaban J connectivity index is 1.96. The number of halogens is 2. The third-order valence-corrected chi connectivity index (χ3v) is 5.56. The topological polar surface area (TPSA) is 67.2 Å². The first kappa shape index (κ1) is 20.0. The predicted octanol–water partition coefficient (Wildman–Crippen LogP) is 5.83. The zero-order chi connectivity index (χ0) is 20.1. The highest BCUT2D eigenvalue weighted by atomic mass is 35.5. The molecule has 0 radical (unpaired) electrons. The Kier molecular flexibility index (Phi) is 6.05. The van der Waals surface area contributed by atoms with Crippen molar-refractivity contribution in [1.29, 1.82) is 5.26 Å². The summed E-state index contributed by atoms with van der Waals surface area (Å²) >= 11 is 12.4. The van der Waals surface area contributed by atoms with Crippen LogP contribution in [0.3, 0.4) is 0 Å². The molecule has 4 nitrogen and oxygen atoms in total. The first-order chi connectivity index (χ1) is 13.4. The number of hydrogen-bond donors (Lipinski definition) is 0. The Morgan fingerprint density at radius 3 is 2.00 bits per heavy atom. The fourth-order valence-electron chi connectivity index (χ4n) is 2.45. The molecule has 0 N–H and O–H groups in total. The molecule has 0 aliphatic heterocycles. The van der Waals surface area contributed by atoms with Crippen molar-refractivity contribution in [3.63, 3.8) is 0 Å². The smallest absolute Gasteiger partial charge is 0.339 e. The fourth-order valence-corrected chi connectivity index (χ4v) is 4.11. The minimum Gasteiger partial charge on any atom is -0.376 e. The van der Waals surface area contributed by atoms with Crippen LogP contribution in [0.2, 0.25) is 10.0 Å². The van der Waals surface area contributed by atoms with Crippen LogP contribution in [0.5, 0.6) is 5.75 Å². The van der Waals surface area contributed by atoms with Crippen molar-refractivity contribution >= 4 is 45.0 Å². The van der Waals surface area contributed by atoms with Gasteiger partial charge in [-0.2, -0.15) is 13.7 Å². The van der Waals surface area contributed by atoms with Gasteiger partial charge in [-0.05, 0) is 41.5 Å². The number of rotatable bonds is 5. The van der Waals surface area contributed by atoms with Gasteiger partial charge in [-0.25, -0.2) is 0 Å². The van der Waals surface area contributed by atoms with E-state index in [4.69, 9.17) is 27.4 Å². The Labute approximate surface area is 173 Å². The summed E-state index contributed by atoms with van der Waals surface area (Å²) in [5.41, 5.74) is 1.70. The lowest BCUT2D eigenvalue weighted by atomic mass is 10.0. The molecule has 0 unspecified atom stereocenters. The zero-order valence-electron chi connectivity index (χ0n) is 14.3.